The molecule has 2 fully saturated rings. The van der Waals surface area contributed by atoms with E-state index in [1.807, 2.05) is 13.8 Å². The lowest BCUT2D eigenvalue weighted by molar-refractivity contribution is -0.121. The zero-order chi connectivity index (χ0) is 21.2. The molecule has 0 unspecified atom stereocenters. The summed E-state index contributed by atoms with van der Waals surface area (Å²) < 4.78 is 51.4. The molecule has 2 saturated heterocycles. The largest absolute Gasteiger partial charge is 0.351 e. The van der Waals surface area contributed by atoms with Crippen molar-refractivity contribution in [1.29, 1.82) is 0 Å². The van der Waals surface area contributed by atoms with E-state index in [-0.39, 0.29) is 41.3 Å². The molecule has 1 aromatic rings. The standard InChI is InChI=1S/C19H29N3O5S2/c1-14-5-6-16(11-15(14)2)29(26,27)20-8-7-19(23)21-17-12-28(24,25)13-18(17)22-9-3-4-10-22/h5-6,11,17-18,20H,3-4,7-10,12-13H2,1-2H3,(H,21,23)/t17-,18-/m0/s1. The predicted octanol–water partition coefficient (Wildman–Crippen LogP) is 0.349. The number of sulfone groups is 1. The van der Waals surface area contributed by atoms with E-state index < -0.39 is 25.9 Å². The van der Waals surface area contributed by atoms with Gasteiger partial charge in [-0.2, -0.15) is 0 Å². The van der Waals surface area contributed by atoms with Crippen LogP contribution in [0.25, 0.3) is 0 Å². The summed E-state index contributed by atoms with van der Waals surface area (Å²) in [5, 5.41) is 2.81. The van der Waals surface area contributed by atoms with E-state index in [1.165, 1.54) is 6.07 Å². The molecular formula is C19H29N3O5S2. The van der Waals surface area contributed by atoms with E-state index in [4.69, 9.17) is 0 Å². The van der Waals surface area contributed by atoms with Crippen LogP contribution in [0.1, 0.15) is 30.4 Å². The number of hydrogen-bond acceptors (Lipinski definition) is 6. The Hall–Kier alpha value is -1.49. The van der Waals surface area contributed by atoms with Crippen LogP contribution < -0.4 is 10.0 Å². The lowest BCUT2D eigenvalue weighted by Crippen LogP contribution is -2.50. The first-order valence-corrected chi connectivity index (χ1v) is 13.2. The summed E-state index contributed by atoms with van der Waals surface area (Å²) in [7, 11) is -6.88. The first-order valence-electron chi connectivity index (χ1n) is 9.88. The number of carbonyl (C=O) groups is 1. The number of aryl methyl sites for hydroxylation is 2. The molecule has 2 atom stereocenters. The van der Waals surface area contributed by atoms with Crippen molar-refractivity contribution in [3.05, 3.63) is 29.3 Å². The summed E-state index contributed by atoms with van der Waals surface area (Å²) in [6.07, 6.45) is 2.03. The molecule has 162 valence electrons. The van der Waals surface area contributed by atoms with Crippen LogP contribution in [0.5, 0.6) is 0 Å². The van der Waals surface area contributed by atoms with E-state index >= 15 is 0 Å². The third kappa shape index (κ3) is 5.56. The van der Waals surface area contributed by atoms with Crippen LogP contribution in [0.3, 0.4) is 0 Å². The SMILES string of the molecule is Cc1ccc(S(=O)(=O)NCCC(=O)N[C@H]2CS(=O)(=O)C[C@@H]2N2CCCC2)cc1C. The Labute approximate surface area is 173 Å². The summed E-state index contributed by atoms with van der Waals surface area (Å²) in [4.78, 5) is 14.6. The fourth-order valence-corrected chi connectivity index (χ4v) is 7.01. The van der Waals surface area contributed by atoms with Crippen LogP contribution in [-0.4, -0.2) is 70.9 Å². The summed E-state index contributed by atoms with van der Waals surface area (Å²) in [6, 6.07) is 4.24. The molecule has 1 aromatic carbocycles. The minimum Gasteiger partial charge on any atom is -0.351 e. The van der Waals surface area contributed by atoms with Crippen molar-refractivity contribution in [3.8, 4) is 0 Å². The molecule has 3 rings (SSSR count). The Balaban J connectivity index is 1.54. The van der Waals surface area contributed by atoms with Crippen LogP contribution in [-0.2, 0) is 24.7 Å². The van der Waals surface area contributed by atoms with Gasteiger partial charge in [0.2, 0.25) is 15.9 Å². The lowest BCUT2D eigenvalue weighted by atomic mass is 10.1. The smallest absolute Gasteiger partial charge is 0.240 e. The van der Waals surface area contributed by atoms with Crippen molar-refractivity contribution in [2.75, 3.05) is 31.1 Å². The topological polar surface area (TPSA) is 113 Å². The van der Waals surface area contributed by atoms with Gasteiger partial charge in [0.25, 0.3) is 0 Å². The molecule has 1 amide bonds. The highest BCUT2D eigenvalue weighted by Gasteiger charge is 2.42. The van der Waals surface area contributed by atoms with Gasteiger partial charge in [-0.3, -0.25) is 9.69 Å². The highest BCUT2D eigenvalue weighted by Crippen LogP contribution is 2.22. The first kappa shape index (κ1) is 22.2. The summed E-state index contributed by atoms with van der Waals surface area (Å²) in [5.74, 6) is -0.342. The molecule has 2 aliphatic rings. The monoisotopic (exact) mass is 443 g/mol. The normalized spacial score (nSPS) is 24.6. The molecule has 8 nitrogen and oxygen atoms in total. The van der Waals surface area contributed by atoms with Crippen molar-refractivity contribution in [2.24, 2.45) is 0 Å². The maximum atomic E-state index is 12.4. The minimum absolute atomic E-state index is 0.0467. The minimum atomic E-state index is -3.70. The molecule has 0 aromatic heterocycles. The van der Waals surface area contributed by atoms with E-state index in [0.717, 1.165) is 37.1 Å². The third-order valence-corrected chi connectivity index (χ3v) is 8.89. The lowest BCUT2D eigenvalue weighted by Gasteiger charge is -2.28. The van der Waals surface area contributed by atoms with Crippen LogP contribution in [0, 0.1) is 13.8 Å². The number of hydrogen-bond donors (Lipinski definition) is 2. The maximum absolute atomic E-state index is 12.4. The van der Waals surface area contributed by atoms with Crippen LogP contribution in [0.4, 0.5) is 0 Å². The van der Waals surface area contributed by atoms with Crippen molar-refractivity contribution in [1.82, 2.24) is 14.9 Å². The van der Waals surface area contributed by atoms with Gasteiger partial charge in [0.15, 0.2) is 9.84 Å². The molecule has 2 N–H and O–H groups in total. The molecular weight excluding hydrogens is 414 g/mol. The van der Waals surface area contributed by atoms with Crippen molar-refractivity contribution in [3.63, 3.8) is 0 Å². The second-order valence-electron chi connectivity index (χ2n) is 7.96. The van der Waals surface area contributed by atoms with Gasteiger partial charge < -0.3 is 5.32 Å². The Bertz CT molecular complexity index is 970. The zero-order valence-corrected chi connectivity index (χ0v) is 18.5. The van der Waals surface area contributed by atoms with Crippen molar-refractivity contribution >= 4 is 25.8 Å². The number of carbonyl (C=O) groups excluding carboxylic acids is 1. The van der Waals surface area contributed by atoms with Gasteiger partial charge in [0.05, 0.1) is 22.4 Å². The number of nitrogens with one attached hydrogen (secondary N) is 2. The van der Waals surface area contributed by atoms with E-state index in [0.29, 0.717) is 0 Å². The van der Waals surface area contributed by atoms with Crippen LogP contribution >= 0.6 is 0 Å². The Morgan fingerprint density at radius 1 is 1.14 bits per heavy atom. The number of likely N-dealkylation sites (tertiary alicyclic amines) is 1. The van der Waals surface area contributed by atoms with E-state index in [9.17, 15) is 21.6 Å². The van der Waals surface area contributed by atoms with Gasteiger partial charge in [-0.15, -0.1) is 0 Å². The van der Waals surface area contributed by atoms with Gasteiger partial charge in [-0.25, -0.2) is 21.6 Å². The van der Waals surface area contributed by atoms with Gasteiger partial charge in [-0.05, 0) is 63.0 Å². The molecule has 0 bridgehead atoms. The molecule has 0 spiro atoms. The van der Waals surface area contributed by atoms with Crippen LogP contribution in [0.2, 0.25) is 0 Å². The van der Waals surface area contributed by atoms with Gasteiger partial charge in [-0.1, -0.05) is 6.07 Å². The van der Waals surface area contributed by atoms with Gasteiger partial charge >= 0.3 is 0 Å². The summed E-state index contributed by atoms with van der Waals surface area (Å²) >= 11 is 0. The fraction of sp³-hybridized carbons (Fsp3) is 0.632. The molecule has 0 radical (unpaired) electrons. The Morgan fingerprint density at radius 3 is 2.48 bits per heavy atom. The second-order valence-corrected chi connectivity index (χ2v) is 11.9. The first-order chi connectivity index (χ1) is 13.6. The van der Waals surface area contributed by atoms with Crippen LogP contribution in [0.15, 0.2) is 23.1 Å². The Kier molecular flexibility index (Phi) is 6.67. The number of rotatable bonds is 7. The molecule has 0 aliphatic carbocycles. The van der Waals surface area contributed by atoms with Crippen molar-refractivity contribution in [2.45, 2.75) is 50.1 Å². The highest BCUT2D eigenvalue weighted by atomic mass is 32.2. The maximum Gasteiger partial charge on any atom is 0.240 e. The molecule has 29 heavy (non-hydrogen) atoms. The van der Waals surface area contributed by atoms with E-state index in [1.54, 1.807) is 12.1 Å². The Morgan fingerprint density at radius 2 is 1.83 bits per heavy atom. The highest BCUT2D eigenvalue weighted by molar-refractivity contribution is 7.91. The molecule has 0 saturated carbocycles. The molecule has 2 aliphatic heterocycles. The van der Waals surface area contributed by atoms with E-state index in [2.05, 4.69) is 14.9 Å². The van der Waals surface area contributed by atoms with Gasteiger partial charge in [0.1, 0.15) is 0 Å². The number of benzene rings is 1. The predicted molar refractivity (Wildman–Crippen MR) is 111 cm³/mol. The molecule has 10 heteroatoms. The van der Waals surface area contributed by atoms with Gasteiger partial charge in [0, 0.05) is 19.0 Å². The third-order valence-electron chi connectivity index (χ3n) is 5.71. The van der Waals surface area contributed by atoms with Crippen molar-refractivity contribution < 1.29 is 21.6 Å². The fourth-order valence-electron chi connectivity index (χ4n) is 3.94. The summed E-state index contributed by atoms with van der Waals surface area (Å²) in [6.45, 7) is 5.40. The molecule has 2 heterocycles. The average molecular weight is 444 g/mol. The summed E-state index contributed by atoms with van der Waals surface area (Å²) in [5.41, 5.74) is 1.88. The number of nitrogens with zero attached hydrogens (tertiary/aromatic N) is 1. The number of amides is 1. The second kappa shape index (κ2) is 8.71. The average Bonchev–Trinajstić information content (AvgIpc) is 3.24. The zero-order valence-electron chi connectivity index (χ0n) is 16.8. The number of sulfonamides is 1. The quantitative estimate of drug-likeness (QED) is 0.629.